The normalized spacial score (nSPS) is 10.5. The lowest BCUT2D eigenvalue weighted by molar-refractivity contribution is 0.0964. The zero-order valence-corrected chi connectivity index (χ0v) is 10.8. The highest BCUT2D eigenvalue weighted by Gasteiger charge is 2.15. The average molecular weight is 297 g/mol. The molecule has 0 aliphatic carbocycles. The summed E-state index contributed by atoms with van der Waals surface area (Å²) in [4.78, 5) is 11.9. The first-order valence-corrected chi connectivity index (χ1v) is 5.88. The minimum atomic E-state index is -0.392. The van der Waals surface area contributed by atoms with Gasteiger partial charge in [-0.15, -0.1) is 0 Å². The molecule has 0 saturated carbocycles. The second-order valence-corrected chi connectivity index (χ2v) is 4.68. The Balaban J connectivity index is 2.22. The van der Waals surface area contributed by atoms with E-state index in [1.54, 1.807) is 25.1 Å². The molecule has 0 unspecified atom stereocenters. The largest absolute Gasteiger partial charge is 0.461 e. The third kappa shape index (κ3) is 2.64. The second-order valence-electron chi connectivity index (χ2n) is 3.77. The van der Waals surface area contributed by atoms with E-state index >= 15 is 0 Å². The minimum absolute atomic E-state index is 0.00741. The van der Waals surface area contributed by atoms with Crippen LogP contribution in [-0.2, 0) is 6.42 Å². The first-order valence-electron chi connectivity index (χ1n) is 5.09. The van der Waals surface area contributed by atoms with E-state index in [2.05, 4.69) is 15.9 Å². The maximum atomic E-state index is 13.5. The maximum Gasteiger partial charge on any atom is 0.202 e. The smallest absolute Gasteiger partial charge is 0.202 e. The van der Waals surface area contributed by atoms with Crippen molar-refractivity contribution in [2.45, 2.75) is 13.3 Å². The van der Waals surface area contributed by atoms with Gasteiger partial charge in [0, 0.05) is 10.9 Å². The molecule has 0 saturated heterocycles. The van der Waals surface area contributed by atoms with E-state index in [-0.39, 0.29) is 12.2 Å². The van der Waals surface area contributed by atoms with Crippen molar-refractivity contribution in [1.82, 2.24) is 0 Å². The Morgan fingerprint density at radius 2 is 2.18 bits per heavy atom. The third-order valence-electron chi connectivity index (χ3n) is 2.48. The van der Waals surface area contributed by atoms with Crippen molar-refractivity contribution in [3.8, 4) is 0 Å². The van der Waals surface area contributed by atoms with Gasteiger partial charge in [0.25, 0.3) is 0 Å². The first kappa shape index (κ1) is 12.0. The molecule has 2 rings (SSSR count). The topological polar surface area (TPSA) is 30.2 Å². The van der Waals surface area contributed by atoms with Gasteiger partial charge in [-0.25, -0.2) is 4.39 Å². The molecule has 0 aliphatic heterocycles. The predicted octanol–water partition coefficient (Wildman–Crippen LogP) is 3.92. The predicted molar refractivity (Wildman–Crippen MR) is 65.6 cm³/mol. The van der Waals surface area contributed by atoms with Gasteiger partial charge in [-0.05, 0) is 36.2 Å². The standard InChI is InChI=1S/C13H10BrFO2/c1-8-4-5-17-13(8)12(16)6-9-2-3-10(14)7-11(9)15/h2-5,7H,6H2,1H3. The molecule has 0 spiro atoms. The fourth-order valence-electron chi connectivity index (χ4n) is 1.58. The molecule has 0 N–H and O–H groups in total. The molecular formula is C13H10BrFO2. The lowest BCUT2D eigenvalue weighted by atomic mass is 10.1. The van der Waals surface area contributed by atoms with Gasteiger partial charge in [0.1, 0.15) is 5.82 Å². The molecule has 1 aromatic carbocycles. The van der Waals surface area contributed by atoms with Crippen molar-refractivity contribution in [3.63, 3.8) is 0 Å². The summed E-state index contributed by atoms with van der Waals surface area (Å²) < 4.78 is 19.3. The number of benzene rings is 1. The molecule has 0 radical (unpaired) electrons. The van der Waals surface area contributed by atoms with E-state index in [4.69, 9.17) is 4.42 Å². The molecule has 17 heavy (non-hydrogen) atoms. The van der Waals surface area contributed by atoms with Crippen LogP contribution in [0.3, 0.4) is 0 Å². The van der Waals surface area contributed by atoms with Crippen molar-refractivity contribution in [2.24, 2.45) is 0 Å². The van der Waals surface area contributed by atoms with Crippen molar-refractivity contribution in [1.29, 1.82) is 0 Å². The molecule has 0 atom stereocenters. The van der Waals surface area contributed by atoms with Gasteiger partial charge in [0.2, 0.25) is 5.78 Å². The van der Waals surface area contributed by atoms with E-state index in [1.807, 2.05) is 0 Å². The number of Topliss-reactive ketones (excluding diaryl/α,β-unsaturated/α-hetero) is 1. The van der Waals surface area contributed by atoms with E-state index in [0.717, 1.165) is 5.56 Å². The molecule has 0 bridgehead atoms. The van der Waals surface area contributed by atoms with Crippen LogP contribution in [0.5, 0.6) is 0 Å². The Labute approximate surface area is 107 Å². The number of carbonyl (C=O) groups excluding carboxylic acids is 1. The van der Waals surface area contributed by atoms with Crippen LogP contribution in [0.2, 0.25) is 0 Å². The third-order valence-corrected chi connectivity index (χ3v) is 2.97. The summed E-state index contributed by atoms with van der Waals surface area (Å²) in [6, 6.07) is 6.36. The molecule has 1 aromatic heterocycles. The molecule has 0 aliphatic rings. The van der Waals surface area contributed by atoms with Crippen molar-refractivity contribution in [2.75, 3.05) is 0 Å². The first-order chi connectivity index (χ1) is 8.08. The van der Waals surface area contributed by atoms with Crippen LogP contribution in [0.15, 0.2) is 39.4 Å². The summed E-state index contributed by atoms with van der Waals surface area (Å²) in [5.41, 5.74) is 1.14. The van der Waals surface area contributed by atoms with Gasteiger partial charge in [-0.1, -0.05) is 22.0 Å². The highest BCUT2D eigenvalue weighted by molar-refractivity contribution is 9.10. The quantitative estimate of drug-likeness (QED) is 0.804. The molecule has 88 valence electrons. The molecular weight excluding hydrogens is 287 g/mol. The molecule has 1 heterocycles. The number of ketones is 1. The van der Waals surface area contributed by atoms with Crippen LogP contribution in [0.25, 0.3) is 0 Å². The van der Waals surface area contributed by atoms with Crippen molar-refractivity contribution in [3.05, 3.63) is 57.7 Å². The summed E-state index contributed by atoms with van der Waals surface area (Å²) in [5, 5.41) is 0. The highest BCUT2D eigenvalue weighted by Crippen LogP contribution is 2.18. The minimum Gasteiger partial charge on any atom is -0.461 e. The number of aryl methyl sites for hydroxylation is 1. The zero-order chi connectivity index (χ0) is 12.4. The van der Waals surface area contributed by atoms with E-state index in [9.17, 15) is 9.18 Å². The van der Waals surface area contributed by atoms with Crippen LogP contribution >= 0.6 is 15.9 Å². The average Bonchev–Trinajstić information content (AvgIpc) is 2.68. The van der Waals surface area contributed by atoms with Gasteiger partial charge in [0.15, 0.2) is 5.76 Å². The summed E-state index contributed by atoms with van der Waals surface area (Å²) in [6.45, 7) is 1.79. The van der Waals surface area contributed by atoms with Crippen molar-refractivity contribution >= 4 is 21.7 Å². The lowest BCUT2D eigenvalue weighted by Crippen LogP contribution is -2.05. The fourth-order valence-corrected chi connectivity index (χ4v) is 1.91. The number of furan rings is 1. The molecule has 2 aromatic rings. The fraction of sp³-hybridized carbons (Fsp3) is 0.154. The van der Waals surface area contributed by atoms with Crippen LogP contribution in [0.4, 0.5) is 4.39 Å². The number of halogens is 2. The summed E-state index contributed by atoms with van der Waals surface area (Å²) in [7, 11) is 0. The summed E-state index contributed by atoms with van der Waals surface area (Å²) in [6.07, 6.45) is 1.47. The Hall–Kier alpha value is -1.42. The molecule has 0 amide bonds. The Kier molecular flexibility index (Phi) is 3.43. The molecule has 2 nitrogen and oxygen atoms in total. The van der Waals surface area contributed by atoms with E-state index in [0.29, 0.717) is 15.8 Å². The van der Waals surface area contributed by atoms with Gasteiger partial charge < -0.3 is 4.42 Å². The summed E-state index contributed by atoms with van der Waals surface area (Å²) >= 11 is 3.17. The Bertz CT molecular complexity index is 560. The summed E-state index contributed by atoms with van der Waals surface area (Å²) in [5.74, 6) is -0.307. The number of rotatable bonds is 3. The Morgan fingerprint density at radius 3 is 2.76 bits per heavy atom. The maximum absolute atomic E-state index is 13.5. The van der Waals surface area contributed by atoms with Gasteiger partial charge in [0.05, 0.1) is 6.26 Å². The number of hydrogen-bond donors (Lipinski definition) is 0. The van der Waals surface area contributed by atoms with Crippen LogP contribution < -0.4 is 0 Å². The SMILES string of the molecule is Cc1ccoc1C(=O)Cc1ccc(Br)cc1F. The second kappa shape index (κ2) is 4.84. The molecule has 4 heteroatoms. The van der Waals surface area contributed by atoms with Crippen LogP contribution in [-0.4, -0.2) is 5.78 Å². The van der Waals surface area contributed by atoms with Crippen LogP contribution in [0, 0.1) is 12.7 Å². The lowest BCUT2D eigenvalue weighted by Gasteiger charge is -2.02. The van der Waals surface area contributed by atoms with Crippen molar-refractivity contribution < 1.29 is 13.6 Å². The monoisotopic (exact) mass is 296 g/mol. The van der Waals surface area contributed by atoms with Gasteiger partial charge in [-0.3, -0.25) is 4.79 Å². The van der Waals surface area contributed by atoms with E-state index < -0.39 is 5.82 Å². The zero-order valence-electron chi connectivity index (χ0n) is 9.17. The van der Waals surface area contributed by atoms with E-state index in [1.165, 1.54) is 12.3 Å². The molecule has 0 fully saturated rings. The van der Waals surface area contributed by atoms with Gasteiger partial charge >= 0.3 is 0 Å². The number of carbonyl (C=O) groups is 1. The number of hydrogen-bond acceptors (Lipinski definition) is 2. The van der Waals surface area contributed by atoms with Crippen LogP contribution in [0.1, 0.15) is 21.7 Å². The highest BCUT2D eigenvalue weighted by atomic mass is 79.9. The Morgan fingerprint density at radius 1 is 1.41 bits per heavy atom. The van der Waals surface area contributed by atoms with Gasteiger partial charge in [-0.2, -0.15) is 0 Å².